The van der Waals surface area contributed by atoms with Crippen molar-refractivity contribution in [2.24, 2.45) is 0 Å². The summed E-state index contributed by atoms with van der Waals surface area (Å²) in [6.45, 7) is 5.57. The van der Waals surface area contributed by atoms with E-state index in [9.17, 15) is 0 Å². The molecule has 21 heavy (non-hydrogen) atoms. The van der Waals surface area contributed by atoms with E-state index >= 15 is 0 Å². The highest BCUT2D eigenvalue weighted by Gasteiger charge is 2.48. The maximum Gasteiger partial charge on any atom is 0.128 e. The first-order chi connectivity index (χ1) is 10.2. The monoisotopic (exact) mass is 307 g/mol. The summed E-state index contributed by atoms with van der Waals surface area (Å²) in [4.78, 5) is 0. The highest BCUT2D eigenvalue weighted by atomic mass is 32.2. The zero-order chi connectivity index (χ0) is 14.9. The lowest BCUT2D eigenvalue weighted by Gasteiger charge is -2.42. The van der Waals surface area contributed by atoms with Crippen LogP contribution in [0.25, 0.3) is 0 Å². The molecule has 1 spiro atoms. The van der Waals surface area contributed by atoms with Gasteiger partial charge in [-0.2, -0.15) is 11.8 Å². The maximum atomic E-state index is 6.50. The van der Waals surface area contributed by atoms with Crippen LogP contribution in [0.2, 0.25) is 0 Å². The zero-order valence-corrected chi connectivity index (χ0v) is 14.0. The molecular formula is C17H25NO2S. The predicted octanol–water partition coefficient (Wildman–Crippen LogP) is 3.78. The summed E-state index contributed by atoms with van der Waals surface area (Å²) in [5.41, 5.74) is 1.26. The van der Waals surface area contributed by atoms with Crippen LogP contribution < -0.4 is 14.8 Å². The van der Waals surface area contributed by atoms with Crippen molar-refractivity contribution in [2.75, 3.05) is 19.4 Å². The Bertz CT molecular complexity index is 508. The summed E-state index contributed by atoms with van der Waals surface area (Å²) in [6.07, 6.45) is 3.36. The molecule has 0 aromatic heterocycles. The summed E-state index contributed by atoms with van der Waals surface area (Å²) in [7, 11) is 1.71. The third-order valence-corrected chi connectivity index (χ3v) is 6.10. The SMILES string of the molecule is CCCNC1CC2(CCSC2C)Oc2cc(OC)ccc21. The fourth-order valence-corrected chi connectivity index (χ4v) is 4.78. The topological polar surface area (TPSA) is 30.5 Å². The van der Waals surface area contributed by atoms with E-state index in [2.05, 4.69) is 25.2 Å². The van der Waals surface area contributed by atoms with Gasteiger partial charge in [0.1, 0.15) is 17.1 Å². The smallest absolute Gasteiger partial charge is 0.128 e. The average molecular weight is 307 g/mol. The lowest BCUT2D eigenvalue weighted by atomic mass is 9.83. The van der Waals surface area contributed by atoms with Gasteiger partial charge in [-0.1, -0.05) is 13.0 Å². The number of nitrogens with one attached hydrogen (secondary N) is 1. The van der Waals surface area contributed by atoms with Crippen LogP contribution in [0.4, 0.5) is 0 Å². The zero-order valence-electron chi connectivity index (χ0n) is 13.1. The van der Waals surface area contributed by atoms with Crippen LogP contribution in [0.5, 0.6) is 11.5 Å². The van der Waals surface area contributed by atoms with Crippen LogP contribution in [-0.4, -0.2) is 30.3 Å². The second-order valence-corrected chi connectivity index (χ2v) is 7.49. The molecule has 1 fully saturated rings. The molecule has 0 bridgehead atoms. The fraction of sp³-hybridized carbons (Fsp3) is 0.647. The first kappa shape index (κ1) is 15.0. The van der Waals surface area contributed by atoms with Crippen LogP contribution in [0, 0.1) is 0 Å². The van der Waals surface area contributed by atoms with E-state index in [0.717, 1.165) is 37.3 Å². The molecule has 3 nitrogen and oxygen atoms in total. The third-order valence-electron chi connectivity index (χ3n) is 4.73. The van der Waals surface area contributed by atoms with Gasteiger partial charge in [0.05, 0.1) is 7.11 Å². The van der Waals surface area contributed by atoms with Gasteiger partial charge in [-0.15, -0.1) is 0 Å². The largest absolute Gasteiger partial charge is 0.497 e. The van der Waals surface area contributed by atoms with Crippen LogP contribution in [-0.2, 0) is 0 Å². The number of thioether (sulfide) groups is 1. The van der Waals surface area contributed by atoms with Gasteiger partial charge in [-0.25, -0.2) is 0 Å². The minimum absolute atomic E-state index is 0.0184. The summed E-state index contributed by atoms with van der Waals surface area (Å²) in [5.74, 6) is 3.07. The van der Waals surface area contributed by atoms with Gasteiger partial charge in [0.15, 0.2) is 0 Å². The van der Waals surface area contributed by atoms with E-state index in [4.69, 9.17) is 9.47 Å². The quantitative estimate of drug-likeness (QED) is 0.917. The van der Waals surface area contributed by atoms with Crippen LogP contribution in [0.3, 0.4) is 0 Å². The molecule has 0 radical (unpaired) electrons. The van der Waals surface area contributed by atoms with E-state index in [1.54, 1.807) is 7.11 Å². The van der Waals surface area contributed by atoms with Crippen molar-refractivity contribution < 1.29 is 9.47 Å². The van der Waals surface area contributed by atoms with Crippen molar-refractivity contribution in [2.45, 2.75) is 50.0 Å². The minimum Gasteiger partial charge on any atom is -0.497 e. The van der Waals surface area contributed by atoms with Crippen molar-refractivity contribution in [3.63, 3.8) is 0 Å². The molecule has 3 atom stereocenters. The van der Waals surface area contributed by atoms with Gasteiger partial charge < -0.3 is 14.8 Å². The number of ether oxygens (including phenoxy) is 2. The molecule has 0 amide bonds. The van der Waals surface area contributed by atoms with Crippen molar-refractivity contribution in [1.82, 2.24) is 5.32 Å². The molecule has 4 heteroatoms. The van der Waals surface area contributed by atoms with E-state index in [0.29, 0.717) is 11.3 Å². The number of hydrogen-bond donors (Lipinski definition) is 1. The molecule has 116 valence electrons. The Kier molecular flexibility index (Phi) is 4.36. The van der Waals surface area contributed by atoms with Crippen molar-refractivity contribution in [3.8, 4) is 11.5 Å². The second kappa shape index (κ2) is 6.09. The number of fused-ring (bicyclic) bond motifs is 1. The molecule has 1 aromatic rings. The Morgan fingerprint density at radius 1 is 1.48 bits per heavy atom. The number of benzene rings is 1. The fourth-order valence-electron chi connectivity index (χ4n) is 3.40. The molecule has 3 unspecified atom stereocenters. The Morgan fingerprint density at radius 3 is 3.00 bits per heavy atom. The van der Waals surface area contributed by atoms with Crippen LogP contribution >= 0.6 is 11.8 Å². The summed E-state index contributed by atoms with van der Waals surface area (Å²) in [6, 6.07) is 6.63. The minimum atomic E-state index is -0.0184. The number of hydrogen-bond acceptors (Lipinski definition) is 4. The molecule has 3 rings (SSSR count). The van der Waals surface area contributed by atoms with Crippen LogP contribution in [0.15, 0.2) is 18.2 Å². The summed E-state index contributed by atoms with van der Waals surface area (Å²) >= 11 is 2.03. The Hall–Kier alpha value is -0.870. The maximum absolute atomic E-state index is 6.50. The van der Waals surface area contributed by atoms with Gasteiger partial charge in [-0.3, -0.25) is 0 Å². The summed E-state index contributed by atoms with van der Waals surface area (Å²) in [5, 5.41) is 4.25. The first-order valence-corrected chi connectivity index (χ1v) is 8.95. The normalized spacial score (nSPS) is 31.0. The molecule has 1 saturated heterocycles. The van der Waals surface area contributed by atoms with Crippen molar-refractivity contribution >= 4 is 11.8 Å². The number of methoxy groups -OCH3 is 1. The van der Waals surface area contributed by atoms with Crippen molar-refractivity contribution in [3.05, 3.63) is 23.8 Å². The van der Waals surface area contributed by atoms with Gasteiger partial charge in [0.2, 0.25) is 0 Å². The molecule has 2 aliphatic heterocycles. The molecule has 0 aliphatic carbocycles. The lowest BCUT2D eigenvalue weighted by Crippen LogP contribution is -2.48. The lowest BCUT2D eigenvalue weighted by molar-refractivity contribution is 0.0351. The third kappa shape index (κ3) is 2.76. The molecular weight excluding hydrogens is 282 g/mol. The van der Waals surface area contributed by atoms with E-state index in [1.165, 1.54) is 11.3 Å². The van der Waals surface area contributed by atoms with Gasteiger partial charge in [-0.05, 0) is 38.1 Å². The molecule has 1 N–H and O–H groups in total. The molecule has 2 heterocycles. The molecule has 0 saturated carbocycles. The molecule has 2 aliphatic rings. The average Bonchev–Trinajstić information content (AvgIpc) is 2.84. The highest BCUT2D eigenvalue weighted by molar-refractivity contribution is 8.00. The Labute approximate surface area is 131 Å². The second-order valence-electron chi connectivity index (χ2n) is 6.04. The summed E-state index contributed by atoms with van der Waals surface area (Å²) < 4.78 is 11.9. The molecule has 1 aromatic carbocycles. The highest BCUT2D eigenvalue weighted by Crippen LogP contribution is 2.50. The van der Waals surface area contributed by atoms with Crippen molar-refractivity contribution in [1.29, 1.82) is 0 Å². The number of rotatable bonds is 4. The van der Waals surface area contributed by atoms with E-state index < -0.39 is 0 Å². The standard InChI is InChI=1S/C17H25NO2S/c1-4-8-18-15-11-17(7-9-21-12(17)2)20-16-10-13(19-3)5-6-14(15)16/h5-6,10,12,15,18H,4,7-9,11H2,1-3H3. The Morgan fingerprint density at radius 2 is 2.33 bits per heavy atom. The van der Waals surface area contributed by atoms with E-state index in [1.807, 2.05) is 23.9 Å². The van der Waals surface area contributed by atoms with Crippen LogP contribution in [0.1, 0.15) is 44.7 Å². The predicted molar refractivity (Wildman–Crippen MR) is 88.5 cm³/mol. The van der Waals surface area contributed by atoms with E-state index in [-0.39, 0.29) is 5.60 Å². The van der Waals surface area contributed by atoms with Gasteiger partial charge in [0, 0.05) is 29.3 Å². The van der Waals surface area contributed by atoms with Gasteiger partial charge in [0.25, 0.3) is 0 Å². The Balaban J connectivity index is 1.95. The first-order valence-electron chi connectivity index (χ1n) is 7.90. The van der Waals surface area contributed by atoms with Gasteiger partial charge >= 0.3 is 0 Å².